The van der Waals surface area contributed by atoms with E-state index in [1.807, 2.05) is 18.2 Å². The molecule has 1 aliphatic rings. The molecule has 1 N–H and O–H groups in total. The smallest absolute Gasteiger partial charge is 0.0795 e. The van der Waals surface area contributed by atoms with E-state index in [0.717, 1.165) is 30.4 Å². The predicted molar refractivity (Wildman–Crippen MR) is 54.3 cm³/mol. The maximum absolute atomic E-state index is 9.83. The van der Waals surface area contributed by atoms with Crippen LogP contribution in [-0.2, 0) is 0 Å². The van der Waals surface area contributed by atoms with Crippen molar-refractivity contribution < 1.29 is 5.11 Å². The van der Waals surface area contributed by atoms with E-state index in [4.69, 9.17) is 0 Å². The van der Waals surface area contributed by atoms with Crippen LogP contribution in [0.25, 0.3) is 6.08 Å². The van der Waals surface area contributed by atoms with E-state index in [-0.39, 0.29) is 6.10 Å². The topological polar surface area (TPSA) is 20.2 Å². The molecule has 1 atom stereocenters. The Balaban J connectivity index is 2.43. The lowest BCUT2D eigenvalue weighted by molar-refractivity contribution is 0.164. The average molecular weight is 174 g/mol. The molecular formula is C12H14O. The molecule has 0 saturated carbocycles. The molecule has 0 radical (unpaired) electrons. The van der Waals surface area contributed by atoms with Gasteiger partial charge in [0.25, 0.3) is 0 Å². The highest BCUT2D eigenvalue weighted by molar-refractivity contribution is 5.54. The molecule has 1 heteroatoms. The van der Waals surface area contributed by atoms with Gasteiger partial charge in [-0.2, -0.15) is 0 Å². The molecule has 2 rings (SSSR count). The predicted octanol–water partition coefficient (Wildman–Crippen LogP) is 2.92. The van der Waals surface area contributed by atoms with Crippen molar-refractivity contribution in [3.63, 3.8) is 0 Å². The van der Waals surface area contributed by atoms with Crippen molar-refractivity contribution in [2.24, 2.45) is 0 Å². The normalized spacial score (nSPS) is 24.2. The number of hydrogen-bond donors (Lipinski definition) is 1. The number of rotatable bonds is 0. The first-order valence-electron chi connectivity index (χ1n) is 4.81. The van der Waals surface area contributed by atoms with Crippen LogP contribution >= 0.6 is 0 Å². The Morgan fingerprint density at radius 3 is 3.00 bits per heavy atom. The van der Waals surface area contributed by atoms with E-state index < -0.39 is 0 Å². The van der Waals surface area contributed by atoms with Crippen LogP contribution in [0.2, 0.25) is 0 Å². The summed E-state index contributed by atoms with van der Waals surface area (Å²) >= 11 is 0. The Bertz CT molecular complexity index is 315. The third-order valence-corrected chi connectivity index (χ3v) is 2.50. The van der Waals surface area contributed by atoms with Crippen LogP contribution in [0.5, 0.6) is 0 Å². The first-order valence-corrected chi connectivity index (χ1v) is 4.81. The Hall–Kier alpha value is -1.08. The molecule has 0 bridgehead atoms. The van der Waals surface area contributed by atoms with Crippen LogP contribution in [0.4, 0.5) is 0 Å². The van der Waals surface area contributed by atoms with Gasteiger partial charge in [0.2, 0.25) is 0 Å². The van der Waals surface area contributed by atoms with E-state index in [1.165, 1.54) is 0 Å². The molecular weight excluding hydrogens is 160 g/mol. The molecule has 0 aromatic heterocycles. The summed E-state index contributed by atoms with van der Waals surface area (Å²) in [5.41, 5.74) is 2.23. The van der Waals surface area contributed by atoms with E-state index in [2.05, 4.69) is 18.2 Å². The fraction of sp³-hybridized carbons (Fsp3) is 0.333. The largest absolute Gasteiger partial charge is 0.388 e. The number of hydrogen-bond acceptors (Lipinski definition) is 1. The maximum Gasteiger partial charge on any atom is 0.0795 e. The molecule has 0 spiro atoms. The maximum atomic E-state index is 9.83. The average Bonchev–Trinajstić information content (AvgIpc) is 2.14. The third kappa shape index (κ3) is 1.81. The van der Waals surface area contributed by atoms with Gasteiger partial charge in [0.05, 0.1) is 6.10 Å². The monoisotopic (exact) mass is 174 g/mol. The summed E-state index contributed by atoms with van der Waals surface area (Å²) in [7, 11) is 0. The minimum absolute atomic E-state index is 0.277. The minimum atomic E-state index is -0.277. The van der Waals surface area contributed by atoms with Crippen molar-refractivity contribution in [2.45, 2.75) is 25.4 Å². The number of allylic oxidation sites excluding steroid dienone is 1. The second-order valence-electron chi connectivity index (χ2n) is 3.48. The molecule has 0 saturated heterocycles. The summed E-state index contributed by atoms with van der Waals surface area (Å²) in [5.74, 6) is 0. The van der Waals surface area contributed by atoms with Crippen LogP contribution < -0.4 is 0 Å². The van der Waals surface area contributed by atoms with Gasteiger partial charge < -0.3 is 5.11 Å². The van der Waals surface area contributed by atoms with Gasteiger partial charge in [-0.15, -0.1) is 0 Å². The van der Waals surface area contributed by atoms with Crippen molar-refractivity contribution in [3.8, 4) is 0 Å². The van der Waals surface area contributed by atoms with Gasteiger partial charge in [-0.25, -0.2) is 0 Å². The van der Waals surface area contributed by atoms with Gasteiger partial charge in [-0.05, 0) is 30.4 Å². The quantitative estimate of drug-likeness (QED) is 0.641. The minimum Gasteiger partial charge on any atom is -0.388 e. The molecule has 1 unspecified atom stereocenters. The second kappa shape index (κ2) is 3.75. The SMILES string of the molecule is OC1CCC/C=C\c2ccccc21. The summed E-state index contributed by atoms with van der Waals surface area (Å²) in [6.45, 7) is 0. The molecule has 1 aliphatic carbocycles. The van der Waals surface area contributed by atoms with Gasteiger partial charge in [0.1, 0.15) is 0 Å². The third-order valence-electron chi connectivity index (χ3n) is 2.50. The second-order valence-corrected chi connectivity index (χ2v) is 3.48. The Labute approximate surface area is 78.7 Å². The Morgan fingerprint density at radius 1 is 1.23 bits per heavy atom. The first kappa shape index (κ1) is 8.52. The molecule has 0 aliphatic heterocycles. The highest BCUT2D eigenvalue weighted by Crippen LogP contribution is 2.26. The number of fused-ring (bicyclic) bond motifs is 1. The van der Waals surface area contributed by atoms with Crippen LogP contribution in [-0.4, -0.2) is 5.11 Å². The van der Waals surface area contributed by atoms with E-state index in [0.29, 0.717) is 0 Å². The standard InChI is InChI=1S/C12H14O/c13-12-9-3-1-2-6-10-7-4-5-8-11(10)12/h2,4-8,12-13H,1,3,9H2/b6-2-. The zero-order valence-corrected chi connectivity index (χ0v) is 7.61. The van der Waals surface area contributed by atoms with E-state index in [1.54, 1.807) is 0 Å². The summed E-state index contributed by atoms with van der Waals surface area (Å²) in [6, 6.07) is 8.06. The molecule has 1 aromatic rings. The van der Waals surface area contributed by atoms with Crippen LogP contribution in [0.3, 0.4) is 0 Å². The van der Waals surface area contributed by atoms with Crippen LogP contribution in [0.15, 0.2) is 30.3 Å². The highest BCUT2D eigenvalue weighted by atomic mass is 16.3. The summed E-state index contributed by atoms with van der Waals surface area (Å²) in [5, 5.41) is 9.83. The van der Waals surface area contributed by atoms with Gasteiger partial charge in [0.15, 0.2) is 0 Å². The van der Waals surface area contributed by atoms with Crippen LogP contribution in [0.1, 0.15) is 36.5 Å². The number of aliphatic hydroxyl groups excluding tert-OH is 1. The summed E-state index contributed by atoms with van der Waals surface area (Å²) in [6.07, 6.45) is 7.04. The van der Waals surface area contributed by atoms with Gasteiger partial charge in [0, 0.05) is 0 Å². The fourth-order valence-electron chi connectivity index (χ4n) is 1.76. The molecule has 68 valence electrons. The lowest BCUT2D eigenvalue weighted by atomic mass is 9.95. The zero-order chi connectivity index (χ0) is 9.10. The van der Waals surface area contributed by atoms with E-state index >= 15 is 0 Å². The first-order chi connectivity index (χ1) is 6.38. The summed E-state index contributed by atoms with van der Waals surface area (Å²) in [4.78, 5) is 0. The molecule has 0 fully saturated rings. The number of benzene rings is 1. The lowest BCUT2D eigenvalue weighted by Gasteiger charge is -2.15. The van der Waals surface area contributed by atoms with Crippen LogP contribution in [0, 0.1) is 0 Å². The molecule has 13 heavy (non-hydrogen) atoms. The Kier molecular flexibility index (Phi) is 2.46. The van der Waals surface area contributed by atoms with Gasteiger partial charge in [-0.3, -0.25) is 0 Å². The van der Waals surface area contributed by atoms with Crippen molar-refractivity contribution in [2.75, 3.05) is 0 Å². The van der Waals surface area contributed by atoms with E-state index in [9.17, 15) is 5.11 Å². The molecule has 0 heterocycles. The summed E-state index contributed by atoms with van der Waals surface area (Å²) < 4.78 is 0. The molecule has 1 nitrogen and oxygen atoms in total. The van der Waals surface area contributed by atoms with Crippen molar-refractivity contribution in [3.05, 3.63) is 41.5 Å². The molecule has 1 aromatic carbocycles. The highest BCUT2D eigenvalue weighted by Gasteiger charge is 2.11. The van der Waals surface area contributed by atoms with Crippen molar-refractivity contribution in [1.82, 2.24) is 0 Å². The van der Waals surface area contributed by atoms with Gasteiger partial charge in [-0.1, -0.05) is 36.4 Å². The number of aliphatic hydroxyl groups is 1. The molecule has 0 amide bonds. The van der Waals surface area contributed by atoms with Gasteiger partial charge >= 0.3 is 0 Å². The van der Waals surface area contributed by atoms with Crippen molar-refractivity contribution >= 4 is 6.08 Å². The van der Waals surface area contributed by atoms with Crippen molar-refractivity contribution in [1.29, 1.82) is 0 Å². The fourth-order valence-corrected chi connectivity index (χ4v) is 1.76. The zero-order valence-electron chi connectivity index (χ0n) is 7.61. The lowest BCUT2D eigenvalue weighted by Crippen LogP contribution is -2.01. The Morgan fingerprint density at radius 2 is 2.08 bits per heavy atom.